The highest BCUT2D eigenvalue weighted by atomic mass is 16.4. The summed E-state index contributed by atoms with van der Waals surface area (Å²) in [6.45, 7) is 1.89. The molecule has 19 heavy (non-hydrogen) atoms. The molecule has 1 unspecified atom stereocenters. The fourth-order valence-electron chi connectivity index (χ4n) is 3.36. The maximum Gasteiger partial charge on any atom is 0.305 e. The normalized spacial score (nSPS) is 26.0. The van der Waals surface area contributed by atoms with E-state index in [0.29, 0.717) is 12.3 Å². The van der Waals surface area contributed by atoms with Gasteiger partial charge in [-0.1, -0.05) is 19.3 Å². The molecule has 1 aliphatic carbocycles. The third kappa shape index (κ3) is 4.20. The molecule has 1 aliphatic heterocycles. The molecule has 1 amide bonds. The van der Waals surface area contributed by atoms with Gasteiger partial charge in [-0.15, -0.1) is 0 Å². The van der Waals surface area contributed by atoms with Gasteiger partial charge in [-0.05, 0) is 38.3 Å². The largest absolute Gasteiger partial charge is 0.481 e. The first-order chi connectivity index (χ1) is 9.10. The van der Waals surface area contributed by atoms with Crippen LogP contribution in [0.25, 0.3) is 0 Å². The minimum absolute atomic E-state index is 0.0249. The van der Waals surface area contributed by atoms with Crippen LogP contribution in [-0.2, 0) is 9.59 Å². The van der Waals surface area contributed by atoms with Crippen LogP contribution in [0.15, 0.2) is 0 Å². The molecule has 0 aromatic heterocycles. The number of carbonyl (C=O) groups is 2. The molecule has 0 aromatic rings. The Morgan fingerprint density at radius 3 is 2.58 bits per heavy atom. The quantitative estimate of drug-likeness (QED) is 0.702. The number of aliphatic carboxylic acids is 1. The number of rotatable bonds is 5. The average molecular weight is 268 g/mol. The van der Waals surface area contributed by atoms with E-state index < -0.39 is 11.5 Å². The number of carboxylic acids is 1. The van der Waals surface area contributed by atoms with Crippen molar-refractivity contribution < 1.29 is 14.7 Å². The number of hydrogen-bond donors (Lipinski definition) is 3. The van der Waals surface area contributed by atoms with Gasteiger partial charge >= 0.3 is 5.97 Å². The third-order valence-electron chi connectivity index (χ3n) is 4.34. The molecule has 1 saturated heterocycles. The molecular weight excluding hydrogens is 244 g/mol. The summed E-state index contributed by atoms with van der Waals surface area (Å²) < 4.78 is 0. The number of nitrogens with one attached hydrogen (secondary N) is 2. The summed E-state index contributed by atoms with van der Waals surface area (Å²) in [5.74, 6) is -0.382. The zero-order valence-electron chi connectivity index (χ0n) is 11.4. The van der Waals surface area contributed by atoms with Gasteiger partial charge in [0.15, 0.2) is 0 Å². The molecular formula is C14H24N2O3. The standard InChI is InChI=1S/C14H24N2O3/c17-12(8-11-4-7-15-10-11)16-14(9-13(18)19)5-2-1-3-6-14/h11,15H,1-10H2,(H,16,17)(H,18,19). The first-order valence-corrected chi connectivity index (χ1v) is 7.33. The van der Waals surface area contributed by atoms with Crippen LogP contribution in [0.2, 0.25) is 0 Å². The summed E-state index contributed by atoms with van der Waals surface area (Å²) in [6, 6.07) is 0. The van der Waals surface area contributed by atoms with Crippen LogP contribution in [0.5, 0.6) is 0 Å². The SMILES string of the molecule is O=C(O)CC1(NC(=O)CC2CCNC2)CCCCC1. The van der Waals surface area contributed by atoms with E-state index in [1.54, 1.807) is 0 Å². The van der Waals surface area contributed by atoms with Gasteiger partial charge in [0.25, 0.3) is 0 Å². The number of hydrogen-bond acceptors (Lipinski definition) is 3. The minimum Gasteiger partial charge on any atom is -0.481 e. The summed E-state index contributed by atoms with van der Waals surface area (Å²) >= 11 is 0. The van der Waals surface area contributed by atoms with E-state index in [0.717, 1.165) is 51.6 Å². The molecule has 3 N–H and O–H groups in total. The summed E-state index contributed by atoms with van der Waals surface area (Å²) in [5.41, 5.74) is -0.493. The molecule has 0 bridgehead atoms. The maximum atomic E-state index is 12.1. The lowest BCUT2D eigenvalue weighted by Gasteiger charge is -2.37. The Hall–Kier alpha value is -1.10. The Balaban J connectivity index is 1.90. The van der Waals surface area contributed by atoms with Crippen LogP contribution in [-0.4, -0.2) is 35.6 Å². The predicted octanol–water partition coefficient (Wildman–Crippen LogP) is 1.28. The topological polar surface area (TPSA) is 78.4 Å². The lowest BCUT2D eigenvalue weighted by Crippen LogP contribution is -2.51. The number of carbonyl (C=O) groups excluding carboxylic acids is 1. The Labute approximate surface area is 114 Å². The summed E-state index contributed by atoms with van der Waals surface area (Å²) in [7, 11) is 0. The lowest BCUT2D eigenvalue weighted by atomic mass is 9.79. The van der Waals surface area contributed by atoms with Crippen molar-refractivity contribution in [3.63, 3.8) is 0 Å². The van der Waals surface area contributed by atoms with Crippen molar-refractivity contribution in [2.75, 3.05) is 13.1 Å². The highest BCUT2D eigenvalue weighted by molar-refractivity contribution is 5.78. The molecule has 1 heterocycles. The average Bonchev–Trinajstić information content (AvgIpc) is 2.81. The second-order valence-corrected chi connectivity index (χ2v) is 6.02. The molecule has 0 radical (unpaired) electrons. The molecule has 5 nitrogen and oxygen atoms in total. The molecule has 2 aliphatic rings. The van der Waals surface area contributed by atoms with E-state index in [2.05, 4.69) is 10.6 Å². The third-order valence-corrected chi connectivity index (χ3v) is 4.34. The van der Waals surface area contributed by atoms with Crippen molar-refractivity contribution in [2.45, 2.75) is 56.9 Å². The van der Waals surface area contributed by atoms with Crippen LogP contribution in [0, 0.1) is 5.92 Å². The molecule has 0 spiro atoms. The fraction of sp³-hybridized carbons (Fsp3) is 0.857. The van der Waals surface area contributed by atoms with Gasteiger partial charge in [0, 0.05) is 6.42 Å². The predicted molar refractivity (Wildman–Crippen MR) is 71.8 cm³/mol. The zero-order valence-corrected chi connectivity index (χ0v) is 11.4. The highest BCUT2D eigenvalue weighted by Gasteiger charge is 2.36. The van der Waals surface area contributed by atoms with Crippen LogP contribution >= 0.6 is 0 Å². The molecule has 1 atom stereocenters. The Bertz CT molecular complexity index is 332. The first-order valence-electron chi connectivity index (χ1n) is 7.33. The second kappa shape index (κ2) is 6.37. The van der Waals surface area contributed by atoms with Crippen LogP contribution < -0.4 is 10.6 Å². The van der Waals surface area contributed by atoms with Crippen molar-refractivity contribution in [2.24, 2.45) is 5.92 Å². The molecule has 2 rings (SSSR count). The van der Waals surface area contributed by atoms with Gasteiger partial charge in [0.1, 0.15) is 0 Å². The van der Waals surface area contributed by atoms with Gasteiger partial charge in [0.05, 0.1) is 12.0 Å². The number of amides is 1. The summed E-state index contributed by atoms with van der Waals surface area (Å²) in [5, 5.41) is 15.4. The van der Waals surface area contributed by atoms with E-state index >= 15 is 0 Å². The van der Waals surface area contributed by atoms with Crippen LogP contribution in [0.4, 0.5) is 0 Å². The van der Waals surface area contributed by atoms with E-state index in [1.807, 2.05) is 0 Å². The Morgan fingerprint density at radius 2 is 2.00 bits per heavy atom. The molecule has 108 valence electrons. The van der Waals surface area contributed by atoms with Gasteiger partial charge in [0.2, 0.25) is 5.91 Å². The Morgan fingerprint density at radius 1 is 1.26 bits per heavy atom. The smallest absolute Gasteiger partial charge is 0.305 e. The van der Waals surface area contributed by atoms with E-state index in [9.17, 15) is 9.59 Å². The minimum atomic E-state index is -0.815. The van der Waals surface area contributed by atoms with Gasteiger partial charge < -0.3 is 15.7 Å². The molecule has 1 saturated carbocycles. The van der Waals surface area contributed by atoms with Crippen molar-refractivity contribution in [3.8, 4) is 0 Å². The van der Waals surface area contributed by atoms with E-state index in [4.69, 9.17) is 5.11 Å². The van der Waals surface area contributed by atoms with E-state index in [1.165, 1.54) is 0 Å². The Kier molecular flexibility index (Phi) is 4.80. The highest BCUT2D eigenvalue weighted by Crippen LogP contribution is 2.31. The molecule has 5 heteroatoms. The van der Waals surface area contributed by atoms with Crippen molar-refractivity contribution >= 4 is 11.9 Å². The lowest BCUT2D eigenvalue weighted by molar-refractivity contribution is -0.139. The summed E-state index contributed by atoms with van der Waals surface area (Å²) in [4.78, 5) is 23.2. The van der Waals surface area contributed by atoms with Gasteiger partial charge in [-0.25, -0.2) is 0 Å². The van der Waals surface area contributed by atoms with Crippen LogP contribution in [0.3, 0.4) is 0 Å². The van der Waals surface area contributed by atoms with Crippen molar-refractivity contribution in [1.29, 1.82) is 0 Å². The molecule has 0 aromatic carbocycles. The fourth-order valence-corrected chi connectivity index (χ4v) is 3.36. The van der Waals surface area contributed by atoms with Crippen molar-refractivity contribution in [1.82, 2.24) is 10.6 Å². The summed E-state index contributed by atoms with van der Waals surface area (Å²) in [6.07, 6.45) is 6.39. The second-order valence-electron chi connectivity index (χ2n) is 6.02. The van der Waals surface area contributed by atoms with Gasteiger partial charge in [-0.3, -0.25) is 9.59 Å². The molecule has 2 fully saturated rings. The van der Waals surface area contributed by atoms with Gasteiger partial charge in [-0.2, -0.15) is 0 Å². The monoisotopic (exact) mass is 268 g/mol. The van der Waals surface area contributed by atoms with Crippen LogP contribution in [0.1, 0.15) is 51.4 Å². The maximum absolute atomic E-state index is 12.1. The number of carboxylic acid groups (broad SMARTS) is 1. The van der Waals surface area contributed by atoms with E-state index in [-0.39, 0.29) is 12.3 Å². The first kappa shape index (κ1) is 14.3. The zero-order chi connectivity index (χ0) is 13.7. The van der Waals surface area contributed by atoms with Crippen molar-refractivity contribution in [3.05, 3.63) is 0 Å².